The summed E-state index contributed by atoms with van der Waals surface area (Å²) in [5, 5.41) is 2.33. The predicted octanol–water partition coefficient (Wildman–Crippen LogP) is 0.390. The number of anilines is 2. The molecule has 0 spiro atoms. The number of amides is 1. The smallest absolute Gasteiger partial charge is 0.212 e. The molecule has 1 amide bonds. The van der Waals surface area contributed by atoms with Crippen molar-refractivity contribution in [3.05, 3.63) is 10.9 Å². The monoisotopic (exact) mass is 216 g/mol. The fourth-order valence-corrected chi connectivity index (χ4v) is 0.821. The molecule has 0 aliphatic carbocycles. The van der Waals surface area contributed by atoms with E-state index in [1.54, 1.807) is 0 Å². The number of carbonyl (C=O) groups is 1. The maximum atomic E-state index is 10.00. The van der Waals surface area contributed by atoms with Gasteiger partial charge in [0.05, 0.1) is 11.9 Å². The molecule has 1 aromatic heterocycles. The molecule has 1 heterocycles. The van der Waals surface area contributed by atoms with Crippen molar-refractivity contribution in [2.45, 2.75) is 0 Å². The maximum Gasteiger partial charge on any atom is 0.212 e. The number of nitrogens with two attached hydrogens (primary N) is 1. The van der Waals surface area contributed by atoms with Gasteiger partial charge in [0.2, 0.25) is 6.41 Å². The van der Waals surface area contributed by atoms with Crippen LogP contribution >= 0.6 is 15.9 Å². The van der Waals surface area contributed by atoms with Crippen LogP contribution in [-0.2, 0) is 4.79 Å². The molecule has 0 fully saturated rings. The van der Waals surface area contributed by atoms with Crippen molar-refractivity contribution in [3.63, 3.8) is 0 Å². The predicted molar refractivity (Wildman–Crippen MR) is 43.8 cm³/mol. The van der Waals surface area contributed by atoms with E-state index in [4.69, 9.17) is 5.73 Å². The van der Waals surface area contributed by atoms with E-state index in [1.807, 2.05) is 0 Å². The number of nitrogen functional groups attached to an aromatic ring is 1. The molecule has 0 aliphatic heterocycles. The zero-order valence-corrected chi connectivity index (χ0v) is 7.00. The van der Waals surface area contributed by atoms with Crippen LogP contribution in [0.5, 0.6) is 0 Å². The summed E-state index contributed by atoms with van der Waals surface area (Å²) >= 11 is 3.03. The Bertz CT molecular complexity index is 277. The van der Waals surface area contributed by atoms with Gasteiger partial charge in [-0.1, -0.05) is 0 Å². The minimum Gasteiger partial charge on any atom is -0.394 e. The van der Waals surface area contributed by atoms with Gasteiger partial charge in [0, 0.05) is 0 Å². The molecule has 0 radical (unpaired) electrons. The first kappa shape index (κ1) is 7.93. The Morgan fingerprint density at radius 3 is 3.09 bits per heavy atom. The maximum absolute atomic E-state index is 10.00. The second-order valence-corrected chi connectivity index (χ2v) is 2.41. The molecular weight excluding hydrogens is 212 g/mol. The van der Waals surface area contributed by atoms with Gasteiger partial charge >= 0.3 is 0 Å². The molecule has 6 heteroatoms. The average molecular weight is 217 g/mol. The molecule has 0 saturated heterocycles. The number of hydrogen-bond donors (Lipinski definition) is 2. The van der Waals surface area contributed by atoms with Gasteiger partial charge in [-0.3, -0.25) is 4.79 Å². The largest absolute Gasteiger partial charge is 0.394 e. The standard InChI is InChI=1S/C5H5BrN4O/c6-5-8-1-3(7)4(10-5)9-2-11/h1-2H,7H2,(H,8,9,10,11). The molecule has 0 saturated carbocycles. The first-order valence-electron chi connectivity index (χ1n) is 2.72. The SMILES string of the molecule is Nc1cnc(Br)nc1NC=O. The average Bonchev–Trinajstić information content (AvgIpc) is 1.98. The zero-order valence-electron chi connectivity index (χ0n) is 5.41. The van der Waals surface area contributed by atoms with E-state index in [2.05, 4.69) is 31.2 Å². The number of nitrogens with one attached hydrogen (secondary N) is 1. The molecule has 0 aliphatic rings. The van der Waals surface area contributed by atoms with E-state index >= 15 is 0 Å². The quantitative estimate of drug-likeness (QED) is 0.554. The van der Waals surface area contributed by atoms with E-state index < -0.39 is 0 Å². The van der Waals surface area contributed by atoms with Gasteiger partial charge in [0.25, 0.3) is 0 Å². The van der Waals surface area contributed by atoms with Gasteiger partial charge in [-0.15, -0.1) is 0 Å². The molecule has 0 bridgehead atoms. The molecule has 3 N–H and O–H groups in total. The highest BCUT2D eigenvalue weighted by Crippen LogP contribution is 2.14. The second-order valence-electron chi connectivity index (χ2n) is 1.71. The second kappa shape index (κ2) is 3.29. The van der Waals surface area contributed by atoms with Crippen molar-refractivity contribution in [1.82, 2.24) is 9.97 Å². The highest BCUT2D eigenvalue weighted by molar-refractivity contribution is 9.10. The lowest BCUT2D eigenvalue weighted by Crippen LogP contribution is -2.02. The molecule has 5 nitrogen and oxygen atoms in total. The third-order valence-corrected chi connectivity index (χ3v) is 1.37. The van der Waals surface area contributed by atoms with Crippen molar-refractivity contribution < 1.29 is 4.79 Å². The zero-order chi connectivity index (χ0) is 8.27. The van der Waals surface area contributed by atoms with Crippen molar-refractivity contribution in [2.75, 3.05) is 11.1 Å². The number of carbonyl (C=O) groups excluding carboxylic acids is 1. The molecule has 1 aromatic rings. The van der Waals surface area contributed by atoms with E-state index in [-0.39, 0.29) is 0 Å². The summed E-state index contributed by atoms with van der Waals surface area (Å²) < 4.78 is 0.385. The van der Waals surface area contributed by atoms with Gasteiger partial charge in [-0.2, -0.15) is 0 Å². The first-order chi connectivity index (χ1) is 5.24. The lowest BCUT2D eigenvalue weighted by atomic mass is 10.5. The van der Waals surface area contributed by atoms with E-state index in [1.165, 1.54) is 6.20 Å². The summed E-state index contributed by atoms with van der Waals surface area (Å²) in [5.41, 5.74) is 5.74. The number of rotatable bonds is 2. The third-order valence-electron chi connectivity index (χ3n) is 0.983. The highest BCUT2D eigenvalue weighted by Gasteiger charge is 1.99. The molecule has 0 aromatic carbocycles. The molecule has 58 valence electrons. The van der Waals surface area contributed by atoms with Gasteiger partial charge in [-0.25, -0.2) is 9.97 Å². The Morgan fingerprint density at radius 1 is 1.73 bits per heavy atom. The Hall–Kier alpha value is -1.17. The number of nitrogens with zero attached hydrogens (tertiary/aromatic N) is 2. The van der Waals surface area contributed by atoms with Gasteiger partial charge in [-0.05, 0) is 15.9 Å². The summed E-state index contributed by atoms with van der Waals surface area (Å²) in [6.45, 7) is 0. The van der Waals surface area contributed by atoms with Crippen LogP contribution in [0.4, 0.5) is 11.5 Å². The highest BCUT2D eigenvalue weighted by atomic mass is 79.9. The fourth-order valence-electron chi connectivity index (χ4n) is 0.541. The first-order valence-corrected chi connectivity index (χ1v) is 3.51. The Morgan fingerprint density at radius 2 is 2.45 bits per heavy atom. The van der Waals surface area contributed by atoms with E-state index in [9.17, 15) is 4.79 Å². The normalized spacial score (nSPS) is 9.18. The summed E-state index contributed by atoms with van der Waals surface area (Å²) in [6, 6.07) is 0. The number of hydrogen-bond acceptors (Lipinski definition) is 4. The van der Waals surface area contributed by atoms with Crippen LogP contribution in [-0.4, -0.2) is 16.4 Å². The third kappa shape index (κ3) is 1.87. The van der Waals surface area contributed by atoms with Gasteiger partial charge in [0.15, 0.2) is 10.6 Å². The lowest BCUT2D eigenvalue weighted by Gasteiger charge is -2.00. The fraction of sp³-hybridized carbons (Fsp3) is 0. The molecule has 0 atom stereocenters. The van der Waals surface area contributed by atoms with E-state index in [0.29, 0.717) is 22.6 Å². The van der Waals surface area contributed by atoms with Crippen molar-refractivity contribution in [1.29, 1.82) is 0 Å². The van der Waals surface area contributed by atoms with Crippen LogP contribution in [0.2, 0.25) is 0 Å². The minimum atomic E-state index is 0.307. The van der Waals surface area contributed by atoms with E-state index in [0.717, 1.165) is 0 Å². The lowest BCUT2D eigenvalue weighted by molar-refractivity contribution is -0.105. The van der Waals surface area contributed by atoms with Crippen molar-refractivity contribution >= 4 is 33.8 Å². The summed E-state index contributed by atoms with van der Waals surface area (Å²) in [6.07, 6.45) is 1.91. The van der Waals surface area contributed by atoms with Crippen molar-refractivity contribution in [3.8, 4) is 0 Å². The number of aromatic nitrogens is 2. The Balaban J connectivity index is 3.01. The summed E-state index contributed by atoms with van der Waals surface area (Å²) in [7, 11) is 0. The van der Waals surface area contributed by atoms with Crippen LogP contribution in [0.25, 0.3) is 0 Å². The van der Waals surface area contributed by atoms with Gasteiger partial charge in [0.1, 0.15) is 0 Å². The van der Waals surface area contributed by atoms with Crippen LogP contribution in [0, 0.1) is 0 Å². The molecule has 0 unspecified atom stereocenters. The molecule has 11 heavy (non-hydrogen) atoms. The Kier molecular flexibility index (Phi) is 2.37. The molecule has 1 rings (SSSR count). The minimum absolute atomic E-state index is 0.307. The van der Waals surface area contributed by atoms with Crippen LogP contribution < -0.4 is 11.1 Å². The van der Waals surface area contributed by atoms with Crippen LogP contribution in [0.1, 0.15) is 0 Å². The summed E-state index contributed by atoms with van der Waals surface area (Å²) in [5.74, 6) is 0.307. The molecular formula is C5H5BrN4O. The Labute approximate surface area is 71.2 Å². The van der Waals surface area contributed by atoms with Crippen molar-refractivity contribution in [2.24, 2.45) is 0 Å². The van der Waals surface area contributed by atoms with Crippen LogP contribution in [0.3, 0.4) is 0 Å². The van der Waals surface area contributed by atoms with Gasteiger partial charge < -0.3 is 11.1 Å². The summed E-state index contributed by atoms with van der Waals surface area (Å²) in [4.78, 5) is 17.5. The van der Waals surface area contributed by atoms with Crippen LogP contribution in [0.15, 0.2) is 10.9 Å². The number of halogens is 1. The topological polar surface area (TPSA) is 80.9 Å².